The van der Waals surface area contributed by atoms with Gasteiger partial charge in [0.05, 0.1) is 19.5 Å². The van der Waals surface area contributed by atoms with E-state index in [0.29, 0.717) is 18.7 Å². The maximum absolute atomic E-state index is 12.8. The predicted octanol–water partition coefficient (Wildman–Crippen LogP) is 0.101. The van der Waals surface area contributed by atoms with Crippen LogP contribution in [-0.4, -0.2) is 123 Å². The minimum Gasteiger partial charge on any atom is -0.386 e. The van der Waals surface area contributed by atoms with Crippen molar-refractivity contribution in [1.29, 1.82) is 0 Å². The third-order valence-electron chi connectivity index (χ3n) is 7.88. The van der Waals surface area contributed by atoms with Crippen molar-refractivity contribution in [3.05, 3.63) is 12.2 Å². The normalized spacial score (nSPS) is 21.2. The first-order chi connectivity index (χ1) is 26.5. The van der Waals surface area contributed by atoms with Gasteiger partial charge in [-0.3, -0.25) is 32.5 Å². The maximum atomic E-state index is 12.8. The summed E-state index contributed by atoms with van der Waals surface area (Å²) in [5.74, 6) is 2.70. The third kappa shape index (κ3) is 14.7. The summed E-state index contributed by atoms with van der Waals surface area (Å²) in [5, 5.41) is 26.4. The minimum absolute atomic E-state index is 0.0711. The first kappa shape index (κ1) is 48.5. The van der Waals surface area contributed by atoms with Gasteiger partial charge < -0.3 is 50.9 Å². The Labute approximate surface area is 331 Å². The maximum Gasteiger partial charge on any atom is 0.481 e. The number of unbranched alkanes of at least 4 members (excludes halogenated alkanes) is 3. The number of phosphoric ester groups is 3. The van der Waals surface area contributed by atoms with Crippen molar-refractivity contribution >= 4 is 70.7 Å². The molecule has 1 aliphatic rings. The number of carbonyl (C=O) groups excluding carboxylic acids is 3. The number of thiol groups is 1. The Morgan fingerprint density at radius 3 is 2.42 bits per heavy atom. The van der Waals surface area contributed by atoms with Crippen LogP contribution in [0.15, 0.2) is 6.33 Å². The topological polar surface area (TPSA) is 364 Å². The van der Waals surface area contributed by atoms with Gasteiger partial charge in [-0.2, -0.15) is 16.9 Å². The summed E-state index contributed by atoms with van der Waals surface area (Å²) in [6.45, 7) is 2.58. The number of nitrogens with two attached hydrogens (primary N) is 1. The Hall–Kier alpha value is -2.88. The van der Waals surface area contributed by atoms with Crippen molar-refractivity contribution in [3.8, 4) is 11.8 Å². The van der Waals surface area contributed by atoms with Crippen LogP contribution < -0.4 is 16.4 Å². The summed E-state index contributed by atoms with van der Waals surface area (Å²) in [6.07, 6.45) is -5.35. The second kappa shape index (κ2) is 20.9. The molecule has 3 heterocycles. The highest BCUT2D eigenvalue weighted by Crippen LogP contribution is 2.61. The zero-order chi connectivity index (χ0) is 42.8. The predicted molar refractivity (Wildman–Crippen MR) is 200 cm³/mol. The van der Waals surface area contributed by atoms with E-state index >= 15 is 0 Å². The molecule has 320 valence electrons. The van der Waals surface area contributed by atoms with Crippen molar-refractivity contribution in [2.45, 2.75) is 83.5 Å². The monoisotopic (exact) mass is 889 g/mol. The van der Waals surface area contributed by atoms with E-state index in [1.54, 1.807) is 0 Å². The van der Waals surface area contributed by atoms with Gasteiger partial charge in [-0.05, 0) is 12.3 Å². The molecule has 0 bridgehead atoms. The number of amides is 2. The van der Waals surface area contributed by atoms with E-state index in [0.717, 1.165) is 30.2 Å². The summed E-state index contributed by atoms with van der Waals surface area (Å²) < 4.78 is 62.4. The van der Waals surface area contributed by atoms with Crippen molar-refractivity contribution in [1.82, 2.24) is 30.2 Å². The van der Waals surface area contributed by atoms with Gasteiger partial charge in [0.1, 0.15) is 29.9 Å². The zero-order valence-electron chi connectivity index (χ0n) is 30.9. The average molecular weight is 890 g/mol. The first-order valence-corrected chi connectivity index (χ1v) is 22.3. The number of aromatic nitrogens is 4. The Morgan fingerprint density at radius 2 is 1.77 bits per heavy atom. The molecule has 0 spiro atoms. The second-order valence-corrected chi connectivity index (χ2v) is 17.7. The van der Waals surface area contributed by atoms with Gasteiger partial charge in [0, 0.05) is 37.1 Å². The van der Waals surface area contributed by atoms with Gasteiger partial charge in [-0.1, -0.05) is 39.5 Å². The van der Waals surface area contributed by atoms with Crippen LogP contribution in [0, 0.1) is 17.3 Å². The number of aliphatic hydroxyl groups excluding tert-OH is 2. The number of hydrogen-bond acceptors (Lipinski definition) is 18. The van der Waals surface area contributed by atoms with E-state index in [1.807, 2.05) is 6.92 Å². The van der Waals surface area contributed by atoms with Crippen molar-refractivity contribution < 1.29 is 80.5 Å². The molecule has 57 heavy (non-hydrogen) atoms. The van der Waals surface area contributed by atoms with E-state index in [2.05, 4.69) is 58.9 Å². The van der Waals surface area contributed by atoms with Crippen molar-refractivity contribution in [2.75, 3.05) is 37.8 Å². The molecule has 7 atom stereocenters. The van der Waals surface area contributed by atoms with Crippen molar-refractivity contribution in [2.24, 2.45) is 5.41 Å². The molecule has 2 aromatic rings. The number of carbonyl (C=O) groups is 3. The number of anilines is 1. The van der Waals surface area contributed by atoms with Crippen LogP contribution in [-0.2, 0) is 45.9 Å². The van der Waals surface area contributed by atoms with E-state index < -0.39 is 90.3 Å². The highest BCUT2D eigenvalue weighted by molar-refractivity contribution is 7.80. The Balaban J connectivity index is 1.70. The standard InChI is InChI=1S/C29H46N7O17P3S/c1-4-5-6-7-8-9-17(37)25-34-24(30)20-26(35-25)36(16-33-20)28-21(39)22(52-54(42,43)44)18(51-28)14-49-55(45,46)53-56(47,48)50-15-29(2,3)23(40)27(41)32-11-10-19(38)31-12-13-57/h16,18,21-23,28,39-40,57H,4-7,10-15H2,1-3H3,(H,31,38)(H,32,41)(H,45,46)(H,47,48)(H2,30,34,35)(H2,42,43,44)/t18-,21-,22-,23+,28-/m1/s1. The molecule has 3 rings (SSSR count). The number of nitrogens with zero attached hydrogens (tertiary/aromatic N) is 4. The molecule has 2 amide bonds. The number of hydrogen-bond donors (Lipinski definition) is 10. The lowest BCUT2D eigenvalue weighted by Gasteiger charge is -2.30. The number of ketones is 1. The number of fused-ring (bicyclic) bond motifs is 1. The fraction of sp³-hybridized carbons (Fsp3) is 0.655. The van der Waals surface area contributed by atoms with Crippen LogP contribution in [0.5, 0.6) is 0 Å². The van der Waals surface area contributed by atoms with Crippen molar-refractivity contribution in [3.63, 3.8) is 0 Å². The highest BCUT2D eigenvalue weighted by Gasteiger charge is 2.50. The largest absolute Gasteiger partial charge is 0.481 e. The Bertz CT molecular complexity index is 1950. The van der Waals surface area contributed by atoms with Crippen LogP contribution in [0.3, 0.4) is 0 Å². The molecule has 1 fully saturated rings. The first-order valence-electron chi connectivity index (χ1n) is 17.1. The highest BCUT2D eigenvalue weighted by atomic mass is 32.1. The zero-order valence-corrected chi connectivity index (χ0v) is 34.4. The molecule has 1 aliphatic heterocycles. The lowest BCUT2D eigenvalue weighted by atomic mass is 9.87. The van der Waals surface area contributed by atoms with Gasteiger partial charge in [-0.25, -0.2) is 28.6 Å². The summed E-state index contributed by atoms with van der Waals surface area (Å²) in [4.78, 5) is 88.4. The lowest BCUT2D eigenvalue weighted by Crippen LogP contribution is -2.46. The fourth-order valence-electron chi connectivity index (χ4n) is 4.97. The molecule has 0 aliphatic carbocycles. The van der Waals surface area contributed by atoms with Gasteiger partial charge in [0.2, 0.25) is 17.6 Å². The molecule has 0 radical (unpaired) electrons. The van der Waals surface area contributed by atoms with E-state index in [9.17, 15) is 57.9 Å². The van der Waals surface area contributed by atoms with E-state index in [-0.39, 0.29) is 35.9 Å². The fourth-order valence-corrected chi connectivity index (χ4v) is 7.91. The number of nitrogens with one attached hydrogen (secondary N) is 2. The van der Waals surface area contributed by atoms with Gasteiger partial charge in [-0.15, -0.1) is 0 Å². The number of aliphatic hydroxyl groups is 2. The molecule has 2 aromatic heterocycles. The van der Waals surface area contributed by atoms with Crippen LogP contribution in [0.25, 0.3) is 11.2 Å². The molecule has 10 N–H and O–H groups in total. The lowest BCUT2D eigenvalue weighted by molar-refractivity contribution is -0.137. The van der Waals surface area contributed by atoms with Crippen LogP contribution in [0.2, 0.25) is 0 Å². The number of phosphoric acid groups is 3. The quantitative estimate of drug-likeness (QED) is 0.0187. The van der Waals surface area contributed by atoms with E-state index in [1.165, 1.54) is 13.8 Å². The molecule has 0 aromatic carbocycles. The molecule has 0 saturated carbocycles. The Morgan fingerprint density at radius 1 is 1.09 bits per heavy atom. The summed E-state index contributed by atoms with van der Waals surface area (Å²) >= 11 is 3.96. The molecule has 28 heteroatoms. The summed E-state index contributed by atoms with van der Waals surface area (Å²) in [6, 6.07) is 0. The van der Waals surface area contributed by atoms with Gasteiger partial charge in [0.15, 0.2) is 17.7 Å². The molecule has 24 nitrogen and oxygen atoms in total. The molecule has 2 unspecified atom stereocenters. The average Bonchev–Trinajstić information content (AvgIpc) is 3.67. The number of imidazole rings is 1. The second-order valence-electron chi connectivity index (χ2n) is 13.1. The van der Waals surface area contributed by atoms with Crippen LogP contribution in [0.1, 0.15) is 69.7 Å². The number of ether oxygens (including phenoxy) is 1. The smallest absolute Gasteiger partial charge is 0.386 e. The number of Topliss-reactive ketones (excluding diaryl/α,β-unsaturated/α-hetero) is 1. The van der Waals surface area contributed by atoms with E-state index in [4.69, 9.17) is 19.5 Å². The summed E-state index contributed by atoms with van der Waals surface area (Å²) in [5.41, 5.74) is 4.11. The third-order valence-corrected chi connectivity index (χ3v) is 11.2. The molecular formula is C29H46N7O17P3S. The molecular weight excluding hydrogens is 843 g/mol. The summed E-state index contributed by atoms with van der Waals surface area (Å²) in [7, 11) is -16.5. The minimum atomic E-state index is -5.62. The van der Waals surface area contributed by atoms with Crippen LogP contribution >= 0.6 is 36.1 Å². The van der Waals surface area contributed by atoms with Crippen LogP contribution in [0.4, 0.5) is 5.82 Å². The number of nitrogen functional groups attached to an aromatic ring is 1. The SMILES string of the molecule is CCCCCC#CC(=O)c1nc(N)c2ncn([C@@H]3O[C@H](COP(=O)(O)OP(=O)(O)OCC(C)(C)[C@@H](O)C(=O)NCCC(=O)NCCS)[C@@H](OP(=O)(O)O)[C@H]3O)c2n1. The number of rotatable bonds is 22. The Kier molecular flexibility index (Phi) is 17.8. The van der Waals surface area contributed by atoms with Gasteiger partial charge >= 0.3 is 23.5 Å². The van der Waals surface area contributed by atoms with Gasteiger partial charge in [0.25, 0.3) is 5.78 Å². The molecule has 1 saturated heterocycles.